The highest BCUT2D eigenvalue weighted by molar-refractivity contribution is 7.19. The van der Waals surface area contributed by atoms with Gasteiger partial charge < -0.3 is 5.73 Å². The second-order valence-electron chi connectivity index (χ2n) is 3.89. The van der Waals surface area contributed by atoms with Crippen molar-refractivity contribution < 1.29 is 0 Å². The zero-order valence-corrected chi connectivity index (χ0v) is 9.29. The summed E-state index contributed by atoms with van der Waals surface area (Å²) < 4.78 is 1.85. The predicted molar refractivity (Wildman–Crippen MR) is 60.7 cm³/mol. The average Bonchev–Trinajstić information content (AvgIpc) is 2.86. The number of anilines is 1. The Hall–Kier alpha value is -1.36. The molecule has 0 aromatic carbocycles. The Bertz CT molecular complexity index is 495. The number of hydrogen-bond acceptors (Lipinski definition) is 4. The topological polar surface area (TPSA) is 56.7 Å². The maximum absolute atomic E-state index is 5.71. The molecule has 78 valence electrons. The van der Waals surface area contributed by atoms with Crippen molar-refractivity contribution in [2.45, 2.75) is 18.8 Å². The van der Waals surface area contributed by atoms with Gasteiger partial charge >= 0.3 is 0 Å². The fraction of sp³-hybridized carbons (Fsp3) is 0.400. The van der Waals surface area contributed by atoms with Gasteiger partial charge in [0, 0.05) is 13.0 Å². The molecule has 0 amide bonds. The Morgan fingerprint density at radius 1 is 1.47 bits per heavy atom. The molecule has 1 aliphatic rings. The highest BCUT2D eigenvalue weighted by atomic mass is 32.1. The lowest BCUT2D eigenvalue weighted by atomic mass is 10.4. The molecular formula is C10H12N4S. The zero-order chi connectivity index (χ0) is 10.4. The maximum atomic E-state index is 5.71. The van der Waals surface area contributed by atoms with Gasteiger partial charge in [0.05, 0.1) is 9.88 Å². The van der Waals surface area contributed by atoms with E-state index in [0.29, 0.717) is 5.92 Å². The SMILES string of the molecule is Cn1nc(C2CC2)nc1-c1ccc(N)s1. The van der Waals surface area contributed by atoms with Crippen LogP contribution in [0.15, 0.2) is 12.1 Å². The molecule has 0 unspecified atom stereocenters. The number of nitrogens with zero attached hydrogens (tertiary/aromatic N) is 3. The molecule has 2 aromatic rings. The highest BCUT2D eigenvalue weighted by Gasteiger charge is 2.28. The number of rotatable bonds is 2. The van der Waals surface area contributed by atoms with Gasteiger partial charge in [-0.05, 0) is 25.0 Å². The van der Waals surface area contributed by atoms with Gasteiger partial charge in [-0.1, -0.05) is 0 Å². The van der Waals surface area contributed by atoms with E-state index in [1.807, 2.05) is 23.9 Å². The van der Waals surface area contributed by atoms with Gasteiger partial charge in [0.2, 0.25) is 0 Å². The average molecular weight is 220 g/mol. The van der Waals surface area contributed by atoms with E-state index in [1.54, 1.807) is 11.3 Å². The number of hydrogen-bond donors (Lipinski definition) is 1. The maximum Gasteiger partial charge on any atom is 0.168 e. The first-order valence-electron chi connectivity index (χ1n) is 5.00. The third-order valence-corrected chi connectivity index (χ3v) is 3.48. The Balaban J connectivity index is 2.03. The molecule has 1 fully saturated rings. The molecule has 0 spiro atoms. The van der Waals surface area contributed by atoms with Crippen molar-refractivity contribution in [3.63, 3.8) is 0 Å². The summed E-state index contributed by atoms with van der Waals surface area (Å²) in [6.07, 6.45) is 2.46. The first kappa shape index (κ1) is 8.91. The molecular weight excluding hydrogens is 208 g/mol. The van der Waals surface area contributed by atoms with Gasteiger partial charge in [0.1, 0.15) is 0 Å². The number of nitrogen functional groups attached to an aromatic ring is 1. The lowest BCUT2D eigenvalue weighted by Crippen LogP contribution is -1.93. The van der Waals surface area contributed by atoms with Crippen molar-refractivity contribution >= 4 is 16.3 Å². The summed E-state index contributed by atoms with van der Waals surface area (Å²) >= 11 is 1.55. The first-order valence-corrected chi connectivity index (χ1v) is 5.82. The van der Waals surface area contributed by atoms with Crippen LogP contribution in [0.1, 0.15) is 24.6 Å². The van der Waals surface area contributed by atoms with Crippen LogP contribution in [0.3, 0.4) is 0 Å². The minimum Gasteiger partial charge on any atom is -0.391 e. The van der Waals surface area contributed by atoms with E-state index in [4.69, 9.17) is 5.73 Å². The van der Waals surface area contributed by atoms with Crippen LogP contribution < -0.4 is 5.73 Å². The van der Waals surface area contributed by atoms with E-state index in [2.05, 4.69) is 10.1 Å². The Kier molecular flexibility index (Phi) is 1.82. The van der Waals surface area contributed by atoms with Gasteiger partial charge in [0.15, 0.2) is 11.6 Å². The summed E-state index contributed by atoms with van der Waals surface area (Å²) in [5.74, 6) is 2.51. The lowest BCUT2D eigenvalue weighted by molar-refractivity contribution is 0.751. The quantitative estimate of drug-likeness (QED) is 0.842. The molecule has 15 heavy (non-hydrogen) atoms. The second-order valence-corrected chi connectivity index (χ2v) is 5.01. The van der Waals surface area contributed by atoms with Crippen LogP contribution in [0.4, 0.5) is 5.00 Å². The first-order chi connectivity index (χ1) is 7.24. The van der Waals surface area contributed by atoms with E-state index < -0.39 is 0 Å². The predicted octanol–water partition coefficient (Wildman–Crippen LogP) is 2.00. The second kappa shape index (κ2) is 3.06. The van der Waals surface area contributed by atoms with E-state index in [0.717, 1.165) is 21.5 Å². The molecule has 0 aliphatic heterocycles. The number of thiophene rings is 1. The summed E-state index contributed by atoms with van der Waals surface area (Å²) in [4.78, 5) is 5.65. The summed E-state index contributed by atoms with van der Waals surface area (Å²) in [5, 5.41) is 5.25. The van der Waals surface area contributed by atoms with Crippen LogP contribution in [0.25, 0.3) is 10.7 Å². The molecule has 0 radical (unpaired) electrons. The molecule has 1 aliphatic carbocycles. The van der Waals surface area contributed by atoms with Crippen LogP contribution in [-0.2, 0) is 7.05 Å². The summed E-state index contributed by atoms with van der Waals surface area (Å²) in [5.41, 5.74) is 5.71. The van der Waals surface area contributed by atoms with Crippen molar-refractivity contribution in [2.24, 2.45) is 7.05 Å². The largest absolute Gasteiger partial charge is 0.391 e. The van der Waals surface area contributed by atoms with Crippen LogP contribution in [0.5, 0.6) is 0 Å². The van der Waals surface area contributed by atoms with E-state index >= 15 is 0 Å². The third-order valence-electron chi connectivity index (χ3n) is 2.57. The number of aryl methyl sites for hydroxylation is 1. The molecule has 2 aromatic heterocycles. The zero-order valence-electron chi connectivity index (χ0n) is 8.47. The molecule has 0 atom stereocenters. The molecule has 2 heterocycles. The molecule has 4 nitrogen and oxygen atoms in total. The fourth-order valence-corrected chi connectivity index (χ4v) is 2.40. The van der Waals surface area contributed by atoms with E-state index in [1.165, 1.54) is 12.8 Å². The van der Waals surface area contributed by atoms with E-state index in [-0.39, 0.29) is 0 Å². The minimum atomic E-state index is 0.599. The highest BCUT2D eigenvalue weighted by Crippen LogP contribution is 2.39. The third kappa shape index (κ3) is 1.52. The molecule has 3 rings (SSSR count). The summed E-state index contributed by atoms with van der Waals surface area (Å²) in [7, 11) is 1.93. The van der Waals surface area contributed by atoms with Gasteiger partial charge in [0.25, 0.3) is 0 Å². The standard InChI is InChI=1S/C10H12N4S/c1-14-10(7-4-5-8(11)15-7)12-9(13-14)6-2-3-6/h4-6H,2-3,11H2,1H3. The monoisotopic (exact) mass is 220 g/mol. The van der Waals surface area contributed by atoms with Gasteiger partial charge in [-0.15, -0.1) is 11.3 Å². The van der Waals surface area contributed by atoms with Gasteiger partial charge in [-0.25, -0.2) is 9.67 Å². The smallest absolute Gasteiger partial charge is 0.168 e. The van der Waals surface area contributed by atoms with Crippen molar-refractivity contribution in [3.05, 3.63) is 18.0 Å². The lowest BCUT2D eigenvalue weighted by Gasteiger charge is -1.93. The van der Waals surface area contributed by atoms with Crippen LogP contribution in [0.2, 0.25) is 0 Å². The van der Waals surface area contributed by atoms with E-state index in [9.17, 15) is 0 Å². The molecule has 5 heteroatoms. The fourth-order valence-electron chi connectivity index (χ4n) is 1.61. The number of aromatic nitrogens is 3. The molecule has 0 bridgehead atoms. The minimum absolute atomic E-state index is 0.599. The van der Waals surface area contributed by atoms with Crippen LogP contribution in [-0.4, -0.2) is 14.8 Å². The Labute approximate surface area is 91.7 Å². The van der Waals surface area contributed by atoms with Crippen molar-refractivity contribution in [1.29, 1.82) is 0 Å². The Morgan fingerprint density at radius 3 is 2.87 bits per heavy atom. The molecule has 0 saturated heterocycles. The van der Waals surface area contributed by atoms with Crippen molar-refractivity contribution in [1.82, 2.24) is 14.8 Å². The molecule has 1 saturated carbocycles. The van der Waals surface area contributed by atoms with Crippen LogP contribution >= 0.6 is 11.3 Å². The van der Waals surface area contributed by atoms with Gasteiger partial charge in [-0.2, -0.15) is 5.10 Å². The van der Waals surface area contributed by atoms with Gasteiger partial charge in [-0.3, -0.25) is 0 Å². The van der Waals surface area contributed by atoms with Crippen molar-refractivity contribution in [3.8, 4) is 10.7 Å². The Morgan fingerprint density at radius 2 is 2.27 bits per heavy atom. The number of nitrogens with two attached hydrogens (primary N) is 1. The van der Waals surface area contributed by atoms with Crippen molar-refractivity contribution in [2.75, 3.05) is 5.73 Å². The van der Waals surface area contributed by atoms with Crippen LogP contribution in [0, 0.1) is 0 Å². The summed E-state index contributed by atoms with van der Waals surface area (Å²) in [6.45, 7) is 0. The normalized spacial score (nSPS) is 15.8. The summed E-state index contributed by atoms with van der Waals surface area (Å²) in [6, 6.07) is 3.91. The molecule has 2 N–H and O–H groups in total.